The highest BCUT2D eigenvalue weighted by Crippen LogP contribution is 2.30. The summed E-state index contributed by atoms with van der Waals surface area (Å²) in [6, 6.07) is 6.53. The Morgan fingerprint density at radius 1 is 1.25 bits per heavy atom. The van der Waals surface area contributed by atoms with Crippen LogP contribution in [0.1, 0.15) is 52.5 Å². The van der Waals surface area contributed by atoms with Gasteiger partial charge in [-0.25, -0.2) is 4.79 Å². The lowest BCUT2D eigenvalue weighted by Gasteiger charge is -2.43. The van der Waals surface area contributed by atoms with Crippen molar-refractivity contribution in [2.24, 2.45) is 0 Å². The quantitative estimate of drug-likeness (QED) is 0.728. The number of amides is 1. The summed E-state index contributed by atoms with van der Waals surface area (Å²) in [4.78, 5) is 14.9. The number of carbonyl (C=O) groups excluding carboxylic acids is 1. The van der Waals surface area contributed by atoms with Gasteiger partial charge in [-0.1, -0.05) is 6.07 Å². The number of nitrogens with one attached hydrogen (secondary N) is 3. The summed E-state index contributed by atoms with van der Waals surface area (Å²) in [5.41, 5.74) is 2.64. The molecule has 6 nitrogen and oxygen atoms in total. The van der Waals surface area contributed by atoms with Gasteiger partial charge in [0.15, 0.2) is 0 Å². The zero-order valence-electron chi connectivity index (χ0n) is 18.0. The molecule has 6 heteroatoms. The number of aryl methyl sites for hydroxylation is 1. The highest BCUT2D eigenvalue weighted by molar-refractivity contribution is 5.90. The fraction of sp³-hybridized carbons (Fsp3) is 0.682. The summed E-state index contributed by atoms with van der Waals surface area (Å²) in [7, 11) is 0. The molecular formula is C22H36N4O2. The summed E-state index contributed by atoms with van der Waals surface area (Å²) in [6.07, 6.45) is 3.02. The molecule has 0 aromatic heterocycles. The average molecular weight is 389 g/mol. The Bertz CT molecular complexity index is 684. The van der Waals surface area contributed by atoms with Crippen LogP contribution in [0, 0.1) is 6.92 Å². The molecule has 0 radical (unpaired) electrons. The van der Waals surface area contributed by atoms with Gasteiger partial charge in [0.25, 0.3) is 0 Å². The lowest BCUT2D eigenvalue weighted by molar-refractivity contribution is 0.0636. The van der Waals surface area contributed by atoms with Gasteiger partial charge < -0.3 is 15.4 Å². The average Bonchev–Trinajstić information content (AvgIpc) is 3.04. The van der Waals surface area contributed by atoms with E-state index < -0.39 is 11.7 Å². The maximum atomic E-state index is 12.2. The van der Waals surface area contributed by atoms with Crippen LogP contribution in [0.25, 0.3) is 0 Å². The van der Waals surface area contributed by atoms with E-state index >= 15 is 0 Å². The predicted octanol–water partition coefficient (Wildman–Crippen LogP) is 3.97. The molecule has 0 aliphatic carbocycles. The minimum atomic E-state index is -0.514. The monoisotopic (exact) mass is 388 g/mol. The lowest BCUT2D eigenvalue weighted by Crippen LogP contribution is -2.52. The second kappa shape index (κ2) is 8.29. The van der Waals surface area contributed by atoms with E-state index in [4.69, 9.17) is 4.74 Å². The summed E-state index contributed by atoms with van der Waals surface area (Å²) in [5.74, 6) is 0. The lowest BCUT2D eigenvalue weighted by atomic mass is 9.94. The molecule has 1 aromatic rings. The Labute approximate surface area is 169 Å². The molecule has 2 fully saturated rings. The molecule has 1 unspecified atom stereocenters. The van der Waals surface area contributed by atoms with Crippen LogP contribution in [0.5, 0.6) is 0 Å². The molecule has 3 rings (SSSR count). The third-order valence-electron chi connectivity index (χ3n) is 5.77. The predicted molar refractivity (Wildman–Crippen MR) is 115 cm³/mol. The molecule has 1 amide bonds. The zero-order valence-corrected chi connectivity index (χ0v) is 18.0. The van der Waals surface area contributed by atoms with Crippen molar-refractivity contribution in [3.63, 3.8) is 0 Å². The van der Waals surface area contributed by atoms with Crippen LogP contribution in [-0.4, -0.2) is 54.4 Å². The third-order valence-corrected chi connectivity index (χ3v) is 5.77. The maximum absolute atomic E-state index is 12.2. The van der Waals surface area contributed by atoms with Crippen molar-refractivity contribution < 1.29 is 9.53 Å². The van der Waals surface area contributed by atoms with Gasteiger partial charge in [0.1, 0.15) is 5.60 Å². The molecule has 28 heavy (non-hydrogen) atoms. The molecule has 0 bridgehead atoms. The molecule has 2 aliphatic rings. The third kappa shape index (κ3) is 5.39. The summed E-state index contributed by atoms with van der Waals surface area (Å²) in [6.45, 7) is 14.4. The van der Waals surface area contributed by atoms with E-state index in [1.54, 1.807) is 0 Å². The van der Waals surface area contributed by atoms with Crippen molar-refractivity contribution >= 4 is 17.5 Å². The number of hydrogen-bond acceptors (Lipinski definition) is 5. The van der Waals surface area contributed by atoms with E-state index in [1.807, 2.05) is 33.8 Å². The number of likely N-dealkylation sites (tertiary alicyclic amines) is 1. The SMILES string of the molecule is Cc1ccc(NC2CCN(C3(C)CCNC3)CC2)c(NC(=O)OC(C)(C)C)c1. The van der Waals surface area contributed by atoms with Crippen LogP contribution in [0.15, 0.2) is 18.2 Å². The Kier molecular flexibility index (Phi) is 6.20. The minimum Gasteiger partial charge on any atom is -0.444 e. The number of nitrogens with zero attached hydrogens (tertiary/aromatic N) is 1. The van der Waals surface area contributed by atoms with Crippen LogP contribution >= 0.6 is 0 Å². The molecule has 2 aliphatic heterocycles. The largest absolute Gasteiger partial charge is 0.444 e. The Morgan fingerprint density at radius 2 is 1.96 bits per heavy atom. The van der Waals surface area contributed by atoms with Gasteiger partial charge in [-0.15, -0.1) is 0 Å². The van der Waals surface area contributed by atoms with E-state index in [9.17, 15) is 4.79 Å². The standard InChI is InChI=1S/C22H36N4O2/c1-16-6-7-18(19(14-16)25-20(27)28-21(2,3)4)24-17-8-12-26(13-9-17)22(5)10-11-23-15-22/h6-7,14,17,23-24H,8-13,15H2,1-5H3,(H,25,27). The number of anilines is 2. The molecule has 0 spiro atoms. The summed E-state index contributed by atoms with van der Waals surface area (Å²) < 4.78 is 5.42. The van der Waals surface area contributed by atoms with Gasteiger partial charge in [0.05, 0.1) is 11.4 Å². The molecule has 156 valence electrons. The second-order valence-electron chi connectivity index (χ2n) is 9.51. The van der Waals surface area contributed by atoms with Crippen molar-refractivity contribution in [3.05, 3.63) is 23.8 Å². The van der Waals surface area contributed by atoms with Crippen LogP contribution < -0.4 is 16.0 Å². The van der Waals surface area contributed by atoms with Gasteiger partial charge in [-0.05, 0) is 78.1 Å². The van der Waals surface area contributed by atoms with Gasteiger partial charge in [0.2, 0.25) is 0 Å². The number of carbonyl (C=O) groups is 1. The first-order chi connectivity index (χ1) is 13.1. The van der Waals surface area contributed by atoms with E-state index in [2.05, 4.69) is 39.9 Å². The highest BCUT2D eigenvalue weighted by Gasteiger charge is 2.36. The van der Waals surface area contributed by atoms with E-state index in [0.717, 1.165) is 56.0 Å². The van der Waals surface area contributed by atoms with E-state index in [0.29, 0.717) is 11.6 Å². The van der Waals surface area contributed by atoms with Crippen molar-refractivity contribution in [1.29, 1.82) is 0 Å². The Hall–Kier alpha value is -1.79. The molecule has 1 aromatic carbocycles. The Morgan fingerprint density at radius 3 is 2.57 bits per heavy atom. The first-order valence-corrected chi connectivity index (χ1v) is 10.5. The van der Waals surface area contributed by atoms with Gasteiger partial charge in [-0.3, -0.25) is 10.2 Å². The van der Waals surface area contributed by atoms with Gasteiger partial charge >= 0.3 is 6.09 Å². The van der Waals surface area contributed by atoms with Crippen LogP contribution in [0.4, 0.5) is 16.2 Å². The fourth-order valence-electron chi connectivity index (χ4n) is 4.16. The number of hydrogen-bond donors (Lipinski definition) is 3. The number of rotatable bonds is 4. The maximum Gasteiger partial charge on any atom is 0.412 e. The fourth-order valence-corrected chi connectivity index (χ4v) is 4.16. The van der Waals surface area contributed by atoms with Crippen LogP contribution in [0.2, 0.25) is 0 Å². The minimum absolute atomic E-state index is 0.304. The number of benzene rings is 1. The molecular weight excluding hydrogens is 352 g/mol. The Balaban J connectivity index is 1.61. The zero-order chi connectivity index (χ0) is 20.4. The molecule has 2 saturated heterocycles. The molecule has 3 N–H and O–H groups in total. The van der Waals surface area contributed by atoms with Crippen molar-refractivity contribution in [2.45, 2.75) is 71.1 Å². The number of ether oxygens (including phenoxy) is 1. The number of piperidine rings is 1. The first-order valence-electron chi connectivity index (χ1n) is 10.5. The highest BCUT2D eigenvalue weighted by atomic mass is 16.6. The smallest absolute Gasteiger partial charge is 0.412 e. The summed E-state index contributed by atoms with van der Waals surface area (Å²) >= 11 is 0. The van der Waals surface area contributed by atoms with Gasteiger partial charge in [0, 0.05) is 31.2 Å². The van der Waals surface area contributed by atoms with E-state index in [1.165, 1.54) is 6.42 Å². The summed E-state index contributed by atoms with van der Waals surface area (Å²) in [5, 5.41) is 10.1. The topological polar surface area (TPSA) is 65.6 Å². The van der Waals surface area contributed by atoms with Crippen LogP contribution in [0.3, 0.4) is 0 Å². The van der Waals surface area contributed by atoms with Crippen LogP contribution in [-0.2, 0) is 4.74 Å². The van der Waals surface area contributed by atoms with Crippen molar-refractivity contribution in [2.75, 3.05) is 36.8 Å². The van der Waals surface area contributed by atoms with E-state index in [-0.39, 0.29) is 0 Å². The molecule has 1 atom stereocenters. The normalized spacial score (nSPS) is 24.2. The molecule has 2 heterocycles. The van der Waals surface area contributed by atoms with Crippen molar-refractivity contribution in [3.8, 4) is 0 Å². The second-order valence-corrected chi connectivity index (χ2v) is 9.51. The van der Waals surface area contributed by atoms with Gasteiger partial charge in [-0.2, -0.15) is 0 Å². The van der Waals surface area contributed by atoms with Crippen molar-refractivity contribution in [1.82, 2.24) is 10.2 Å². The molecule has 0 saturated carbocycles. The first kappa shape index (κ1) is 20.9.